The lowest BCUT2D eigenvalue weighted by Crippen LogP contribution is -2.28. The number of nitrogens with zero attached hydrogens (tertiary/aromatic N) is 3. The van der Waals surface area contributed by atoms with Gasteiger partial charge in [0.25, 0.3) is 0 Å². The van der Waals surface area contributed by atoms with Gasteiger partial charge in [-0.1, -0.05) is 44.5 Å². The van der Waals surface area contributed by atoms with Crippen LogP contribution in [0.25, 0.3) is 5.69 Å². The minimum atomic E-state index is -0.423. The van der Waals surface area contributed by atoms with Crippen LogP contribution in [0.1, 0.15) is 44.9 Å². The number of rotatable bonds is 5. The van der Waals surface area contributed by atoms with Gasteiger partial charge in [0, 0.05) is 35.0 Å². The highest BCUT2D eigenvalue weighted by atomic mass is 35.5. The van der Waals surface area contributed by atoms with Crippen molar-refractivity contribution in [1.82, 2.24) is 14.7 Å². The van der Waals surface area contributed by atoms with Crippen LogP contribution in [0.15, 0.2) is 54.6 Å². The van der Waals surface area contributed by atoms with Gasteiger partial charge < -0.3 is 5.32 Å². The maximum atomic E-state index is 12.7. The summed E-state index contributed by atoms with van der Waals surface area (Å²) in [6.07, 6.45) is 0.507. The van der Waals surface area contributed by atoms with Gasteiger partial charge in [-0.3, -0.25) is 19.8 Å². The second-order valence-corrected chi connectivity index (χ2v) is 9.64. The third-order valence-electron chi connectivity index (χ3n) is 5.47. The van der Waals surface area contributed by atoms with Gasteiger partial charge in [0.2, 0.25) is 11.8 Å². The molecule has 4 rings (SSSR count). The van der Waals surface area contributed by atoms with Gasteiger partial charge in [0.15, 0.2) is 0 Å². The molecule has 0 saturated carbocycles. The van der Waals surface area contributed by atoms with Crippen LogP contribution in [0.4, 0.5) is 16.3 Å². The Morgan fingerprint density at radius 1 is 1.00 bits per heavy atom. The van der Waals surface area contributed by atoms with Gasteiger partial charge >= 0.3 is 6.03 Å². The lowest BCUT2D eigenvalue weighted by atomic mass is 9.92. The quantitative estimate of drug-likeness (QED) is 0.496. The molecule has 1 aromatic heterocycles. The molecule has 176 valence electrons. The molecule has 1 aliphatic rings. The number of amides is 4. The van der Waals surface area contributed by atoms with Gasteiger partial charge in [0.05, 0.1) is 17.9 Å². The smallest absolute Gasteiger partial charge is 0.308 e. The zero-order chi connectivity index (χ0) is 24.5. The summed E-state index contributed by atoms with van der Waals surface area (Å²) in [5.41, 5.74) is 2.65. The van der Waals surface area contributed by atoms with E-state index in [9.17, 15) is 14.4 Å². The van der Waals surface area contributed by atoms with Crippen molar-refractivity contribution >= 4 is 41.0 Å². The number of benzene rings is 2. The summed E-state index contributed by atoms with van der Waals surface area (Å²) in [5.74, 6) is 0.165. The number of hydrogen-bond donors (Lipinski definition) is 2. The minimum absolute atomic E-state index is 0.161. The summed E-state index contributed by atoms with van der Waals surface area (Å²) in [5, 5.41) is 11.0. The summed E-state index contributed by atoms with van der Waals surface area (Å²) in [7, 11) is 0. The summed E-state index contributed by atoms with van der Waals surface area (Å²) >= 11 is 5.91. The molecule has 2 aromatic carbocycles. The largest absolute Gasteiger partial charge is 0.324 e. The standard InChI is InChI=1S/C25H26ClN5O3/c1-25(2,3)20-14-21(28-24(34)27-18-9-7-17(26)8-10-18)31(29-20)19-6-4-5-16(13-19)15-30-22(32)11-12-23(30)33/h4-10,13-14H,11-12,15H2,1-3H3,(H2,27,28,34). The molecule has 3 aromatic rings. The fraction of sp³-hybridized carbons (Fsp3) is 0.280. The molecular formula is C25H26ClN5O3. The molecular weight excluding hydrogens is 454 g/mol. The number of likely N-dealkylation sites (tertiary alicyclic amines) is 1. The van der Waals surface area contributed by atoms with Crippen LogP contribution in [-0.2, 0) is 21.5 Å². The Labute approximate surface area is 202 Å². The molecule has 0 atom stereocenters. The average molecular weight is 480 g/mol. The number of imide groups is 1. The Kier molecular flexibility index (Phi) is 6.43. The number of nitrogens with one attached hydrogen (secondary N) is 2. The van der Waals surface area contributed by atoms with Crippen LogP contribution in [0.2, 0.25) is 5.02 Å². The van der Waals surface area contributed by atoms with Crippen molar-refractivity contribution in [1.29, 1.82) is 0 Å². The molecule has 34 heavy (non-hydrogen) atoms. The zero-order valence-electron chi connectivity index (χ0n) is 19.3. The van der Waals surface area contributed by atoms with E-state index < -0.39 is 6.03 Å². The monoisotopic (exact) mass is 479 g/mol. The highest BCUT2D eigenvalue weighted by Crippen LogP contribution is 2.27. The van der Waals surface area contributed by atoms with Crippen molar-refractivity contribution in [2.45, 2.75) is 45.6 Å². The molecule has 1 saturated heterocycles. The predicted molar refractivity (Wildman–Crippen MR) is 131 cm³/mol. The summed E-state index contributed by atoms with van der Waals surface area (Å²) in [6.45, 7) is 6.33. The van der Waals surface area contributed by atoms with E-state index in [1.54, 1.807) is 28.9 Å². The van der Waals surface area contributed by atoms with Crippen LogP contribution < -0.4 is 10.6 Å². The zero-order valence-corrected chi connectivity index (χ0v) is 20.0. The number of aromatic nitrogens is 2. The molecule has 0 radical (unpaired) electrons. The molecule has 0 aliphatic carbocycles. The van der Waals surface area contributed by atoms with Crippen LogP contribution >= 0.6 is 11.6 Å². The van der Waals surface area contributed by atoms with Crippen molar-refractivity contribution in [2.75, 3.05) is 10.6 Å². The number of carbonyl (C=O) groups is 3. The van der Waals surface area contributed by atoms with Crippen molar-refractivity contribution in [3.63, 3.8) is 0 Å². The minimum Gasteiger partial charge on any atom is -0.308 e. The Morgan fingerprint density at radius 3 is 2.32 bits per heavy atom. The first-order chi connectivity index (χ1) is 16.1. The molecule has 1 fully saturated rings. The highest BCUT2D eigenvalue weighted by Gasteiger charge is 2.29. The van der Waals surface area contributed by atoms with Crippen LogP contribution in [0.3, 0.4) is 0 Å². The van der Waals surface area contributed by atoms with Crippen molar-refractivity contribution in [2.24, 2.45) is 0 Å². The summed E-state index contributed by atoms with van der Waals surface area (Å²) in [6, 6.07) is 15.6. The molecule has 0 unspecified atom stereocenters. The van der Waals surface area contributed by atoms with Gasteiger partial charge in [-0.05, 0) is 42.0 Å². The summed E-state index contributed by atoms with van der Waals surface area (Å²) < 4.78 is 1.65. The van der Waals surface area contributed by atoms with Crippen molar-refractivity contribution < 1.29 is 14.4 Å². The molecule has 1 aliphatic heterocycles. The first-order valence-electron chi connectivity index (χ1n) is 11.0. The molecule has 2 heterocycles. The normalized spacial score (nSPS) is 13.9. The molecule has 0 bridgehead atoms. The second kappa shape index (κ2) is 9.30. The van der Waals surface area contributed by atoms with E-state index in [2.05, 4.69) is 10.6 Å². The SMILES string of the molecule is CC(C)(C)c1cc(NC(=O)Nc2ccc(Cl)cc2)n(-c2cccc(CN3C(=O)CCC3=O)c2)n1. The number of carbonyl (C=O) groups excluding carboxylic acids is 3. The van der Waals surface area contributed by atoms with E-state index in [0.717, 1.165) is 11.3 Å². The van der Waals surface area contributed by atoms with E-state index in [1.165, 1.54) is 4.90 Å². The molecule has 0 spiro atoms. The van der Waals surface area contributed by atoms with E-state index >= 15 is 0 Å². The van der Waals surface area contributed by atoms with Gasteiger partial charge in [-0.2, -0.15) is 5.10 Å². The first-order valence-corrected chi connectivity index (χ1v) is 11.3. The third-order valence-corrected chi connectivity index (χ3v) is 5.72. The predicted octanol–water partition coefficient (Wildman–Crippen LogP) is 5.12. The van der Waals surface area contributed by atoms with E-state index in [-0.39, 0.29) is 36.6 Å². The molecule has 8 nitrogen and oxygen atoms in total. The van der Waals surface area contributed by atoms with Gasteiger partial charge in [-0.15, -0.1) is 0 Å². The molecule has 2 N–H and O–H groups in total. The number of anilines is 2. The van der Waals surface area contributed by atoms with Crippen molar-refractivity contribution in [3.8, 4) is 5.69 Å². The lowest BCUT2D eigenvalue weighted by molar-refractivity contribution is -0.139. The second-order valence-electron chi connectivity index (χ2n) is 9.21. The van der Waals surface area contributed by atoms with E-state index in [1.807, 2.05) is 51.1 Å². The molecule has 4 amide bonds. The van der Waals surface area contributed by atoms with Crippen LogP contribution in [0.5, 0.6) is 0 Å². The van der Waals surface area contributed by atoms with Crippen LogP contribution in [-0.4, -0.2) is 32.5 Å². The average Bonchev–Trinajstić information content (AvgIpc) is 3.34. The summed E-state index contributed by atoms with van der Waals surface area (Å²) in [4.78, 5) is 38.0. The Bertz CT molecular complexity index is 1230. The highest BCUT2D eigenvalue weighted by molar-refractivity contribution is 6.30. The topological polar surface area (TPSA) is 96.3 Å². The Hall–Kier alpha value is -3.65. The fourth-order valence-electron chi connectivity index (χ4n) is 3.61. The molecule has 9 heteroatoms. The maximum absolute atomic E-state index is 12.7. The lowest BCUT2D eigenvalue weighted by Gasteiger charge is -2.16. The number of hydrogen-bond acceptors (Lipinski definition) is 4. The van der Waals surface area contributed by atoms with E-state index in [0.29, 0.717) is 22.2 Å². The van der Waals surface area contributed by atoms with Gasteiger partial charge in [0.1, 0.15) is 5.82 Å². The van der Waals surface area contributed by atoms with Gasteiger partial charge in [-0.25, -0.2) is 9.48 Å². The number of halogens is 1. The Morgan fingerprint density at radius 2 is 1.68 bits per heavy atom. The Balaban J connectivity index is 1.61. The number of urea groups is 1. The first kappa shape index (κ1) is 23.5. The maximum Gasteiger partial charge on any atom is 0.324 e. The van der Waals surface area contributed by atoms with Crippen LogP contribution in [0, 0.1) is 0 Å². The third kappa shape index (κ3) is 5.28. The van der Waals surface area contributed by atoms with E-state index in [4.69, 9.17) is 16.7 Å². The fourth-order valence-corrected chi connectivity index (χ4v) is 3.74. The van der Waals surface area contributed by atoms with Crippen molar-refractivity contribution in [3.05, 3.63) is 70.9 Å².